The molecule has 1 heterocycles. The maximum atomic E-state index is 12.9. The van der Waals surface area contributed by atoms with Gasteiger partial charge in [-0.25, -0.2) is 8.42 Å². The number of esters is 2. The molecule has 1 atom stereocenters. The third kappa shape index (κ3) is 5.83. The van der Waals surface area contributed by atoms with Crippen LogP contribution in [0.3, 0.4) is 0 Å². The zero-order valence-electron chi connectivity index (χ0n) is 17.4. The van der Waals surface area contributed by atoms with Crippen molar-refractivity contribution in [3.05, 3.63) is 54.1 Å². The molecule has 8 nitrogen and oxygen atoms in total. The minimum Gasteiger partial charge on any atom is -0.489 e. The second-order valence-corrected chi connectivity index (χ2v) is 9.17. The lowest BCUT2D eigenvalue weighted by Crippen LogP contribution is -2.42. The Morgan fingerprint density at radius 2 is 1.87 bits per heavy atom. The van der Waals surface area contributed by atoms with E-state index in [4.69, 9.17) is 14.2 Å². The van der Waals surface area contributed by atoms with Gasteiger partial charge in [0.2, 0.25) is 9.84 Å². The molecule has 9 heteroatoms. The molecule has 0 aromatic heterocycles. The second kappa shape index (κ2) is 9.93. The molecule has 0 radical (unpaired) electrons. The van der Waals surface area contributed by atoms with Crippen LogP contribution in [0.15, 0.2) is 58.3 Å². The number of ether oxygens (including phenoxy) is 3. The van der Waals surface area contributed by atoms with Gasteiger partial charge in [-0.15, -0.1) is 0 Å². The quantitative estimate of drug-likeness (QED) is 0.449. The lowest BCUT2D eigenvalue weighted by atomic mass is 10.0. The molecule has 166 valence electrons. The van der Waals surface area contributed by atoms with Crippen LogP contribution >= 0.6 is 0 Å². The number of sulfone groups is 1. The first-order chi connectivity index (χ1) is 14.8. The first-order valence-corrected chi connectivity index (χ1v) is 11.3. The molecule has 0 N–H and O–H groups in total. The molecule has 0 amide bonds. The van der Waals surface area contributed by atoms with Crippen molar-refractivity contribution in [3.63, 3.8) is 0 Å². The number of methoxy groups -OCH3 is 1. The summed E-state index contributed by atoms with van der Waals surface area (Å²) in [5.74, 6) is -0.418. The molecule has 31 heavy (non-hydrogen) atoms. The van der Waals surface area contributed by atoms with E-state index in [-0.39, 0.29) is 29.2 Å². The van der Waals surface area contributed by atoms with Gasteiger partial charge in [0.1, 0.15) is 18.6 Å². The summed E-state index contributed by atoms with van der Waals surface area (Å²) in [5, 5.41) is 0. The van der Waals surface area contributed by atoms with E-state index in [0.717, 1.165) is 5.56 Å². The van der Waals surface area contributed by atoms with Crippen molar-refractivity contribution in [2.24, 2.45) is 0 Å². The summed E-state index contributed by atoms with van der Waals surface area (Å²) in [6, 6.07) is 13.1. The van der Waals surface area contributed by atoms with Crippen molar-refractivity contribution in [1.82, 2.24) is 4.90 Å². The molecular formula is C22H25NO7S. The van der Waals surface area contributed by atoms with Crippen LogP contribution in [-0.4, -0.2) is 58.3 Å². The van der Waals surface area contributed by atoms with Gasteiger partial charge in [0.05, 0.1) is 23.4 Å². The zero-order valence-corrected chi connectivity index (χ0v) is 18.3. The van der Waals surface area contributed by atoms with Crippen LogP contribution in [0.1, 0.15) is 18.9 Å². The van der Waals surface area contributed by atoms with Gasteiger partial charge < -0.3 is 14.2 Å². The average Bonchev–Trinajstić information content (AvgIpc) is 2.77. The van der Waals surface area contributed by atoms with E-state index < -0.39 is 21.8 Å². The van der Waals surface area contributed by atoms with Crippen LogP contribution in [0, 0.1) is 0 Å². The van der Waals surface area contributed by atoms with Gasteiger partial charge in [-0.1, -0.05) is 24.3 Å². The fourth-order valence-corrected chi connectivity index (χ4v) is 4.61. The summed E-state index contributed by atoms with van der Waals surface area (Å²) in [4.78, 5) is 24.8. The summed E-state index contributed by atoms with van der Waals surface area (Å²) in [5.41, 5.74) is 0.919. The van der Waals surface area contributed by atoms with Crippen molar-refractivity contribution < 1.29 is 32.2 Å². The fraction of sp³-hybridized carbons (Fsp3) is 0.364. The molecule has 1 aliphatic rings. The average molecular weight is 448 g/mol. The minimum atomic E-state index is -3.66. The van der Waals surface area contributed by atoms with Crippen LogP contribution in [0.5, 0.6) is 5.75 Å². The second-order valence-electron chi connectivity index (χ2n) is 7.22. The molecule has 0 unspecified atom stereocenters. The summed E-state index contributed by atoms with van der Waals surface area (Å²) in [6.07, 6.45) is 1.07. The molecule has 2 aromatic rings. The van der Waals surface area contributed by atoms with Crippen LogP contribution in [0.4, 0.5) is 0 Å². The van der Waals surface area contributed by atoms with Crippen LogP contribution in [-0.2, 0) is 35.3 Å². The third-order valence-electron chi connectivity index (χ3n) is 4.92. The lowest BCUT2D eigenvalue weighted by Gasteiger charge is -2.30. The number of fused-ring (bicyclic) bond motifs is 1. The maximum Gasteiger partial charge on any atom is 0.319 e. The zero-order chi connectivity index (χ0) is 22.4. The number of carbonyl (C=O) groups excluding carboxylic acids is 2. The van der Waals surface area contributed by atoms with Gasteiger partial charge in [-0.05, 0) is 42.7 Å². The molecule has 3 rings (SSSR count). The Bertz CT molecular complexity index is 1040. The molecule has 0 bridgehead atoms. The van der Waals surface area contributed by atoms with Crippen LogP contribution < -0.4 is 4.74 Å². The molecule has 0 fully saturated rings. The molecule has 2 aromatic carbocycles. The van der Waals surface area contributed by atoms with Crippen molar-refractivity contribution >= 4 is 21.8 Å². The van der Waals surface area contributed by atoms with Gasteiger partial charge in [0.15, 0.2) is 0 Å². The van der Waals surface area contributed by atoms with E-state index in [0.29, 0.717) is 25.1 Å². The molecule has 0 saturated carbocycles. The first kappa shape index (κ1) is 22.8. The first-order valence-electron chi connectivity index (χ1n) is 9.82. The Morgan fingerprint density at radius 1 is 1.13 bits per heavy atom. The normalized spacial score (nSPS) is 15.6. The lowest BCUT2D eigenvalue weighted by molar-refractivity contribution is -0.152. The summed E-state index contributed by atoms with van der Waals surface area (Å²) in [7, 11) is -2.37. The molecule has 0 saturated heterocycles. The van der Waals surface area contributed by atoms with Crippen LogP contribution in [0.2, 0.25) is 0 Å². The Balaban J connectivity index is 1.76. The van der Waals surface area contributed by atoms with Crippen molar-refractivity contribution in [2.75, 3.05) is 26.9 Å². The predicted octanol–water partition coefficient (Wildman–Crippen LogP) is 2.21. The van der Waals surface area contributed by atoms with Gasteiger partial charge >= 0.3 is 11.9 Å². The van der Waals surface area contributed by atoms with Gasteiger partial charge in [0, 0.05) is 13.5 Å². The Morgan fingerprint density at radius 3 is 2.55 bits per heavy atom. The highest BCUT2D eigenvalue weighted by Crippen LogP contribution is 2.32. The highest BCUT2D eigenvalue weighted by Gasteiger charge is 2.26. The van der Waals surface area contributed by atoms with Gasteiger partial charge in [-0.3, -0.25) is 14.5 Å². The highest BCUT2D eigenvalue weighted by molar-refractivity contribution is 7.91. The topological polar surface area (TPSA) is 99.2 Å². The summed E-state index contributed by atoms with van der Waals surface area (Å²) >= 11 is 0. The third-order valence-corrected chi connectivity index (χ3v) is 6.69. The Hall–Kier alpha value is -2.91. The number of rotatable bonds is 8. The maximum absolute atomic E-state index is 12.9. The fourth-order valence-electron chi connectivity index (χ4n) is 3.32. The number of benzene rings is 2. The van der Waals surface area contributed by atoms with E-state index in [1.54, 1.807) is 53.4 Å². The largest absolute Gasteiger partial charge is 0.489 e. The minimum absolute atomic E-state index is 0.0566. The smallest absolute Gasteiger partial charge is 0.319 e. The molecular weight excluding hydrogens is 422 g/mol. The highest BCUT2D eigenvalue weighted by atomic mass is 32.2. The monoisotopic (exact) mass is 447 g/mol. The van der Waals surface area contributed by atoms with Crippen molar-refractivity contribution in [1.29, 1.82) is 0 Å². The number of aryl methyl sites for hydroxylation is 1. The van der Waals surface area contributed by atoms with Crippen molar-refractivity contribution in [3.8, 4) is 5.75 Å². The summed E-state index contributed by atoms with van der Waals surface area (Å²) < 4.78 is 41.6. The molecule has 0 aliphatic carbocycles. The van der Waals surface area contributed by atoms with E-state index >= 15 is 0 Å². The van der Waals surface area contributed by atoms with E-state index in [1.807, 2.05) is 0 Å². The molecule has 0 spiro atoms. The Kier molecular flexibility index (Phi) is 7.29. The number of carbonyl (C=O) groups is 2. The van der Waals surface area contributed by atoms with Crippen molar-refractivity contribution in [2.45, 2.75) is 35.7 Å². The number of hydrogen-bond acceptors (Lipinski definition) is 8. The van der Waals surface area contributed by atoms with Gasteiger partial charge in [0.25, 0.3) is 0 Å². The SMILES string of the molecule is COC(=O)CN(COC(C)=O)C[C@H]1CCc2ccc(S(=O)(=O)c3ccccc3)cc2O1. The predicted molar refractivity (Wildman–Crippen MR) is 111 cm³/mol. The van der Waals surface area contributed by atoms with Gasteiger partial charge in [-0.2, -0.15) is 0 Å². The summed E-state index contributed by atoms with van der Waals surface area (Å²) in [6.45, 7) is 1.48. The van der Waals surface area contributed by atoms with Crippen LogP contribution in [0.25, 0.3) is 0 Å². The van der Waals surface area contributed by atoms with E-state index in [1.165, 1.54) is 14.0 Å². The Labute approximate surface area is 181 Å². The molecule has 1 aliphatic heterocycles. The van der Waals surface area contributed by atoms with E-state index in [9.17, 15) is 18.0 Å². The number of nitrogens with zero attached hydrogens (tertiary/aromatic N) is 1. The standard InChI is InChI=1S/C22H25NO7S/c1-16(24)29-15-23(14-22(25)28-2)13-18-10-8-17-9-11-20(12-21(17)30-18)31(26,27)19-6-4-3-5-7-19/h3-7,9,11-12,18H,8,10,13-15H2,1-2H3/t18-/m1/s1. The number of hydrogen-bond donors (Lipinski definition) is 0. The van der Waals surface area contributed by atoms with E-state index in [2.05, 4.69) is 0 Å².